The molecule has 78 valence electrons. The highest BCUT2D eigenvalue weighted by Crippen LogP contribution is 2.26. The molecule has 0 radical (unpaired) electrons. The van der Waals surface area contributed by atoms with E-state index in [0.29, 0.717) is 5.92 Å². The number of rotatable bonds is 2. The maximum atomic E-state index is 5.18. The minimum absolute atomic E-state index is 0.517. The van der Waals surface area contributed by atoms with Crippen LogP contribution in [0.3, 0.4) is 0 Å². The molecule has 15 heavy (non-hydrogen) atoms. The van der Waals surface area contributed by atoms with Crippen LogP contribution < -0.4 is 4.74 Å². The van der Waals surface area contributed by atoms with Crippen molar-refractivity contribution in [2.45, 2.75) is 19.8 Å². The highest BCUT2D eigenvalue weighted by atomic mass is 16.5. The van der Waals surface area contributed by atoms with Crippen LogP contribution in [0.4, 0.5) is 0 Å². The second-order valence-corrected chi connectivity index (χ2v) is 3.94. The van der Waals surface area contributed by atoms with Crippen molar-refractivity contribution in [2.75, 3.05) is 7.11 Å². The van der Waals surface area contributed by atoms with Gasteiger partial charge in [0.05, 0.1) is 12.6 Å². The molecule has 1 heterocycles. The van der Waals surface area contributed by atoms with Gasteiger partial charge in [-0.15, -0.1) is 0 Å². The Balaban J connectivity index is 2.67. The van der Waals surface area contributed by atoms with E-state index in [9.17, 15) is 0 Å². The molecule has 0 unspecified atom stereocenters. The SMILES string of the molecule is COc1ccc2c(C(C)C)ccnc2c1. The number of nitrogens with zero attached hydrogens (tertiary/aromatic N) is 1. The van der Waals surface area contributed by atoms with Crippen molar-refractivity contribution in [3.05, 3.63) is 36.0 Å². The van der Waals surface area contributed by atoms with Crippen molar-refractivity contribution in [3.63, 3.8) is 0 Å². The topological polar surface area (TPSA) is 22.1 Å². The van der Waals surface area contributed by atoms with Crippen LogP contribution in [-0.2, 0) is 0 Å². The van der Waals surface area contributed by atoms with E-state index in [4.69, 9.17) is 4.74 Å². The fourth-order valence-electron chi connectivity index (χ4n) is 1.78. The van der Waals surface area contributed by atoms with Gasteiger partial charge in [0.25, 0.3) is 0 Å². The van der Waals surface area contributed by atoms with E-state index in [1.165, 1.54) is 10.9 Å². The lowest BCUT2D eigenvalue weighted by Gasteiger charge is -2.09. The standard InChI is InChI=1S/C13H15NO/c1-9(2)11-6-7-14-13-8-10(15-3)4-5-12(11)13/h4-9H,1-3H3. The molecular weight excluding hydrogens is 186 g/mol. The summed E-state index contributed by atoms with van der Waals surface area (Å²) in [5.74, 6) is 1.37. The molecule has 0 aliphatic rings. The number of pyridine rings is 1. The first-order valence-corrected chi connectivity index (χ1v) is 5.15. The molecule has 2 heteroatoms. The van der Waals surface area contributed by atoms with Gasteiger partial charge >= 0.3 is 0 Å². The molecule has 2 rings (SSSR count). The van der Waals surface area contributed by atoms with Gasteiger partial charge in [-0.1, -0.05) is 13.8 Å². The first-order valence-electron chi connectivity index (χ1n) is 5.15. The van der Waals surface area contributed by atoms with Gasteiger partial charge in [-0.3, -0.25) is 4.98 Å². The quantitative estimate of drug-likeness (QED) is 0.743. The van der Waals surface area contributed by atoms with Crippen LogP contribution in [0, 0.1) is 0 Å². The number of aromatic nitrogens is 1. The van der Waals surface area contributed by atoms with Crippen molar-refractivity contribution in [1.82, 2.24) is 4.98 Å². The van der Waals surface area contributed by atoms with Gasteiger partial charge < -0.3 is 4.74 Å². The lowest BCUT2D eigenvalue weighted by molar-refractivity contribution is 0.415. The third kappa shape index (κ3) is 1.80. The molecule has 0 spiro atoms. The van der Waals surface area contributed by atoms with Crippen LogP contribution in [0.1, 0.15) is 25.3 Å². The van der Waals surface area contributed by atoms with Gasteiger partial charge in [0.1, 0.15) is 5.75 Å². The summed E-state index contributed by atoms with van der Waals surface area (Å²) in [6, 6.07) is 8.12. The number of hydrogen-bond donors (Lipinski definition) is 0. The molecule has 0 fully saturated rings. The minimum Gasteiger partial charge on any atom is -0.497 e. The Hall–Kier alpha value is -1.57. The second kappa shape index (κ2) is 3.89. The maximum Gasteiger partial charge on any atom is 0.121 e. The zero-order chi connectivity index (χ0) is 10.8. The van der Waals surface area contributed by atoms with Crippen molar-refractivity contribution < 1.29 is 4.74 Å². The normalized spacial score (nSPS) is 10.9. The third-order valence-corrected chi connectivity index (χ3v) is 2.61. The fraction of sp³-hybridized carbons (Fsp3) is 0.308. The van der Waals surface area contributed by atoms with E-state index in [-0.39, 0.29) is 0 Å². The molecule has 0 saturated carbocycles. The Morgan fingerprint density at radius 1 is 1.20 bits per heavy atom. The van der Waals surface area contributed by atoms with Gasteiger partial charge in [0.15, 0.2) is 0 Å². The molecule has 0 N–H and O–H groups in total. The van der Waals surface area contributed by atoms with E-state index in [1.807, 2.05) is 18.3 Å². The summed E-state index contributed by atoms with van der Waals surface area (Å²) in [6.07, 6.45) is 1.86. The molecule has 2 nitrogen and oxygen atoms in total. The highest BCUT2D eigenvalue weighted by Gasteiger charge is 2.05. The minimum atomic E-state index is 0.517. The maximum absolute atomic E-state index is 5.18. The zero-order valence-electron chi connectivity index (χ0n) is 9.32. The van der Waals surface area contributed by atoms with Gasteiger partial charge in [0.2, 0.25) is 0 Å². The Bertz CT molecular complexity index is 477. The Kier molecular flexibility index (Phi) is 2.58. The summed E-state index contributed by atoms with van der Waals surface area (Å²) >= 11 is 0. The molecular formula is C13H15NO. The smallest absolute Gasteiger partial charge is 0.121 e. The Morgan fingerprint density at radius 3 is 2.67 bits per heavy atom. The van der Waals surface area contributed by atoms with Crippen molar-refractivity contribution in [3.8, 4) is 5.75 Å². The van der Waals surface area contributed by atoms with E-state index < -0.39 is 0 Å². The fourth-order valence-corrected chi connectivity index (χ4v) is 1.78. The molecule has 0 aliphatic carbocycles. The monoisotopic (exact) mass is 201 g/mol. The summed E-state index contributed by atoms with van der Waals surface area (Å²) in [4.78, 5) is 4.35. The number of ether oxygens (including phenoxy) is 1. The molecule has 0 amide bonds. The van der Waals surface area contributed by atoms with Crippen LogP contribution in [0.15, 0.2) is 30.5 Å². The Morgan fingerprint density at radius 2 is 2.00 bits per heavy atom. The van der Waals surface area contributed by atoms with Crippen molar-refractivity contribution >= 4 is 10.9 Å². The number of hydrogen-bond acceptors (Lipinski definition) is 2. The number of fused-ring (bicyclic) bond motifs is 1. The zero-order valence-corrected chi connectivity index (χ0v) is 9.32. The molecule has 0 bridgehead atoms. The van der Waals surface area contributed by atoms with Gasteiger partial charge in [-0.05, 0) is 29.7 Å². The predicted molar refractivity (Wildman–Crippen MR) is 62.4 cm³/mol. The average molecular weight is 201 g/mol. The number of benzene rings is 1. The first kappa shape index (κ1) is 9.97. The van der Waals surface area contributed by atoms with Crippen molar-refractivity contribution in [1.29, 1.82) is 0 Å². The lowest BCUT2D eigenvalue weighted by atomic mass is 9.99. The molecule has 1 aromatic carbocycles. The van der Waals surface area contributed by atoms with Crippen LogP contribution in [-0.4, -0.2) is 12.1 Å². The first-order chi connectivity index (χ1) is 7.22. The van der Waals surface area contributed by atoms with E-state index in [2.05, 4.69) is 31.0 Å². The molecule has 0 atom stereocenters. The summed E-state index contributed by atoms with van der Waals surface area (Å²) < 4.78 is 5.18. The largest absolute Gasteiger partial charge is 0.497 e. The predicted octanol–water partition coefficient (Wildman–Crippen LogP) is 3.37. The lowest BCUT2D eigenvalue weighted by Crippen LogP contribution is -1.91. The van der Waals surface area contributed by atoms with Gasteiger partial charge in [-0.25, -0.2) is 0 Å². The van der Waals surface area contributed by atoms with Crippen LogP contribution >= 0.6 is 0 Å². The van der Waals surface area contributed by atoms with Crippen LogP contribution in [0.25, 0.3) is 10.9 Å². The van der Waals surface area contributed by atoms with Crippen molar-refractivity contribution in [2.24, 2.45) is 0 Å². The summed E-state index contributed by atoms with van der Waals surface area (Å²) in [6.45, 7) is 4.39. The third-order valence-electron chi connectivity index (χ3n) is 2.61. The van der Waals surface area contributed by atoms with E-state index in [1.54, 1.807) is 7.11 Å². The van der Waals surface area contributed by atoms with Gasteiger partial charge in [0, 0.05) is 17.6 Å². The average Bonchev–Trinajstić information content (AvgIpc) is 2.27. The van der Waals surface area contributed by atoms with E-state index in [0.717, 1.165) is 11.3 Å². The molecule has 0 aliphatic heterocycles. The van der Waals surface area contributed by atoms with Crippen LogP contribution in [0.2, 0.25) is 0 Å². The second-order valence-electron chi connectivity index (χ2n) is 3.94. The summed E-state index contributed by atoms with van der Waals surface area (Å²) in [5, 5.41) is 1.22. The van der Waals surface area contributed by atoms with E-state index >= 15 is 0 Å². The van der Waals surface area contributed by atoms with Gasteiger partial charge in [-0.2, -0.15) is 0 Å². The highest BCUT2D eigenvalue weighted by molar-refractivity contribution is 5.83. The summed E-state index contributed by atoms with van der Waals surface area (Å²) in [5.41, 5.74) is 2.34. The number of methoxy groups -OCH3 is 1. The summed E-state index contributed by atoms with van der Waals surface area (Å²) in [7, 11) is 1.67. The molecule has 1 aromatic heterocycles. The Labute approximate surface area is 89.9 Å². The van der Waals surface area contributed by atoms with Crippen LogP contribution in [0.5, 0.6) is 5.75 Å². The molecule has 2 aromatic rings. The molecule has 0 saturated heterocycles.